The minimum absolute atomic E-state index is 0.161. The van der Waals surface area contributed by atoms with E-state index in [1.54, 1.807) is 11.9 Å². The summed E-state index contributed by atoms with van der Waals surface area (Å²) in [6, 6.07) is -0.700. The smallest absolute Gasteiger partial charge is 0.256 e. The highest BCUT2D eigenvalue weighted by molar-refractivity contribution is 4.73. The highest BCUT2D eigenvalue weighted by Crippen LogP contribution is 2.11. The van der Waals surface area contributed by atoms with E-state index in [-0.39, 0.29) is 6.61 Å². The van der Waals surface area contributed by atoms with Crippen LogP contribution in [0.25, 0.3) is 0 Å². The second kappa shape index (κ2) is 6.31. The second-order valence-corrected chi connectivity index (χ2v) is 2.46. The number of hydrogen-bond acceptors (Lipinski definition) is 2. The molecule has 0 bridgehead atoms. The Hall–Kier alpha value is -0.220. The van der Waals surface area contributed by atoms with Gasteiger partial charge in [-0.25, -0.2) is 8.78 Å². The van der Waals surface area contributed by atoms with Gasteiger partial charge in [-0.2, -0.15) is 0 Å². The fraction of sp³-hybridized carbons (Fsp3) is 1.00. The van der Waals surface area contributed by atoms with E-state index in [1.165, 1.54) is 0 Å². The summed E-state index contributed by atoms with van der Waals surface area (Å²) >= 11 is 0. The van der Waals surface area contributed by atoms with Crippen LogP contribution in [0, 0.1) is 0 Å². The third-order valence-electron chi connectivity index (χ3n) is 1.73. The second-order valence-electron chi connectivity index (χ2n) is 2.46. The highest BCUT2D eigenvalue weighted by Gasteiger charge is 2.27. The first-order valence-corrected chi connectivity index (χ1v) is 4.28. The average Bonchev–Trinajstić information content (AvgIpc) is 2.08. The van der Waals surface area contributed by atoms with Gasteiger partial charge in [-0.1, -0.05) is 13.8 Å². The van der Waals surface area contributed by atoms with Gasteiger partial charge in [0.1, 0.15) is 0 Å². The van der Waals surface area contributed by atoms with Gasteiger partial charge in [0.05, 0.1) is 19.3 Å². The summed E-state index contributed by atoms with van der Waals surface area (Å²) in [7, 11) is 1.69. The van der Waals surface area contributed by atoms with Gasteiger partial charge >= 0.3 is 0 Å². The number of likely N-dealkylation sites (N-methyl/N-ethyl adjacent to an activating group) is 1. The molecule has 12 heavy (non-hydrogen) atoms. The molecule has 0 saturated carbocycles. The molecule has 1 unspecified atom stereocenters. The molecule has 0 aromatic rings. The Kier molecular flexibility index (Phi) is 6.20. The molecule has 1 saturated heterocycles. The Morgan fingerprint density at radius 2 is 2.00 bits per heavy atom. The van der Waals surface area contributed by atoms with Crippen LogP contribution in [0.15, 0.2) is 0 Å². The Morgan fingerprint density at radius 3 is 2.33 bits per heavy atom. The standard InChI is InChI=1S/C6H11F2NO.C2H6/c1-9-2-3-10-4-5(9)6(7)8;1-2/h5-6H,2-4H2,1H3;1-2H3. The van der Waals surface area contributed by atoms with Gasteiger partial charge in [0.2, 0.25) is 0 Å². The van der Waals surface area contributed by atoms with Crippen LogP contribution >= 0.6 is 0 Å². The molecule has 1 atom stereocenters. The quantitative estimate of drug-likeness (QED) is 0.609. The van der Waals surface area contributed by atoms with E-state index in [0.29, 0.717) is 13.2 Å². The number of ether oxygens (including phenoxy) is 1. The molecule has 1 aliphatic rings. The number of rotatable bonds is 1. The molecule has 0 amide bonds. The van der Waals surface area contributed by atoms with Crippen molar-refractivity contribution in [2.75, 3.05) is 26.8 Å². The molecular weight excluding hydrogens is 164 g/mol. The predicted molar refractivity (Wildman–Crippen MR) is 44.6 cm³/mol. The lowest BCUT2D eigenvalue weighted by Crippen LogP contribution is -2.46. The van der Waals surface area contributed by atoms with Gasteiger partial charge in [-0.15, -0.1) is 0 Å². The molecule has 1 rings (SSSR count). The topological polar surface area (TPSA) is 12.5 Å². The number of hydrogen-bond donors (Lipinski definition) is 0. The van der Waals surface area contributed by atoms with Crippen LogP contribution in [0.4, 0.5) is 8.78 Å². The van der Waals surface area contributed by atoms with E-state index in [2.05, 4.69) is 0 Å². The lowest BCUT2D eigenvalue weighted by Gasteiger charge is -2.31. The normalized spacial score (nSPS) is 25.0. The minimum Gasteiger partial charge on any atom is -0.378 e. The first kappa shape index (κ1) is 11.8. The van der Waals surface area contributed by atoms with Crippen molar-refractivity contribution in [2.45, 2.75) is 26.3 Å². The van der Waals surface area contributed by atoms with E-state index in [4.69, 9.17) is 4.74 Å². The summed E-state index contributed by atoms with van der Waals surface area (Å²) in [6.45, 7) is 5.34. The van der Waals surface area contributed by atoms with Gasteiger partial charge in [-0.05, 0) is 7.05 Å². The van der Waals surface area contributed by atoms with Crippen LogP contribution in [0.3, 0.4) is 0 Å². The molecule has 1 heterocycles. The van der Waals surface area contributed by atoms with Crippen molar-refractivity contribution in [3.05, 3.63) is 0 Å². The zero-order valence-electron chi connectivity index (χ0n) is 7.89. The SMILES string of the molecule is CC.CN1CCOCC1C(F)F. The van der Waals surface area contributed by atoms with E-state index in [0.717, 1.165) is 0 Å². The molecule has 0 aromatic heterocycles. The van der Waals surface area contributed by atoms with Crippen LogP contribution in [-0.2, 0) is 4.74 Å². The van der Waals surface area contributed by atoms with Crippen molar-refractivity contribution in [1.82, 2.24) is 4.90 Å². The van der Waals surface area contributed by atoms with E-state index in [9.17, 15) is 8.78 Å². The summed E-state index contributed by atoms with van der Waals surface area (Å²) in [6.07, 6.45) is -2.29. The van der Waals surface area contributed by atoms with Crippen LogP contribution in [0.1, 0.15) is 13.8 Å². The first-order valence-electron chi connectivity index (χ1n) is 4.28. The third kappa shape index (κ3) is 3.45. The van der Waals surface area contributed by atoms with Crippen molar-refractivity contribution >= 4 is 0 Å². The fourth-order valence-corrected chi connectivity index (χ4v) is 0.971. The molecule has 4 heteroatoms. The Bertz CT molecular complexity index is 111. The molecule has 1 aliphatic heterocycles. The zero-order valence-corrected chi connectivity index (χ0v) is 7.89. The van der Waals surface area contributed by atoms with Gasteiger partial charge in [0.25, 0.3) is 6.43 Å². The fourth-order valence-electron chi connectivity index (χ4n) is 0.971. The lowest BCUT2D eigenvalue weighted by atomic mass is 10.2. The number of nitrogens with zero attached hydrogens (tertiary/aromatic N) is 1. The summed E-state index contributed by atoms with van der Waals surface area (Å²) in [5, 5.41) is 0. The van der Waals surface area contributed by atoms with Crippen molar-refractivity contribution in [3.8, 4) is 0 Å². The van der Waals surface area contributed by atoms with Gasteiger partial charge in [-0.3, -0.25) is 4.90 Å². The maximum absolute atomic E-state index is 12.0. The molecule has 0 spiro atoms. The Balaban J connectivity index is 0.000000561. The number of morpholine rings is 1. The summed E-state index contributed by atoms with van der Waals surface area (Å²) in [5.41, 5.74) is 0. The monoisotopic (exact) mass is 181 g/mol. The summed E-state index contributed by atoms with van der Waals surface area (Å²) in [4.78, 5) is 1.63. The minimum atomic E-state index is -2.29. The molecule has 1 fully saturated rings. The van der Waals surface area contributed by atoms with Gasteiger partial charge in [0.15, 0.2) is 0 Å². The van der Waals surface area contributed by atoms with Crippen molar-refractivity contribution in [1.29, 1.82) is 0 Å². The first-order chi connectivity index (χ1) is 5.72. The van der Waals surface area contributed by atoms with Crippen LogP contribution in [0.2, 0.25) is 0 Å². The number of alkyl halides is 2. The van der Waals surface area contributed by atoms with E-state index in [1.807, 2.05) is 13.8 Å². The lowest BCUT2D eigenvalue weighted by molar-refractivity contribution is -0.0602. The van der Waals surface area contributed by atoms with Crippen LogP contribution < -0.4 is 0 Å². The van der Waals surface area contributed by atoms with Gasteiger partial charge in [0, 0.05) is 6.54 Å². The Morgan fingerprint density at radius 1 is 1.42 bits per heavy atom. The number of halogens is 2. The largest absolute Gasteiger partial charge is 0.378 e. The van der Waals surface area contributed by atoms with Crippen LogP contribution in [-0.4, -0.2) is 44.2 Å². The zero-order chi connectivity index (χ0) is 9.56. The third-order valence-corrected chi connectivity index (χ3v) is 1.73. The predicted octanol–water partition coefficient (Wildman–Crippen LogP) is 1.61. The highest BCUT2D eigenvalue weighted by atomic mass is 19.3. The van der Waals surface area contributed by atoms with Crippen molar-refractivity contribution < 1.29 is 13.5 Å². The maximum atomic E-state index is 12.0. The maximum Gasteiger partial charge on any atom is 0.256 e. The molecule has 0 radical (unpaired) electrons. The summed E-state index contributed by atoms with van der Waals surface area (Å²) in [5.74, 6) is 0. The molecule has 2 nitrogen and oxygen atoms in total. The van der Waals surface area contributed by atoms with Crippen molar-refractivity contribution in [2.24, 2.45) is 0 Å². The molecular formula is C8H17F2NO. The average molecular weight is 181 g/mol. The van der Waals surface area contributed by atoms with E-state index < -0.39 is 12.5 Å². The van der Waals surface area contributed by atoms with Gasteiger partial charge < -0.3 is 4.74 Å². The molecule has 0 aromatic carbocycles. The molecule has 0 aliphatic carbocycles. The molecule has 0 N–H and O–H groups in total. The molecule has 74 valence electrons. The van der Waals surface area contributed by atoms with Crippen LogP contribution in [0.5, 0.6) is 0 Å². The Labute approximate surface area is 72.5 Å². The van der Waals surface area contributed by atoms with E-state index >= 15 is 0 Å². The summed E-state index contributed by atoms with van der Waals surface area (Å²) < 4.78 is 29.0. The van der Waals surface area contributed by atoms with Crippen molar-refractivity contribution in [3.63, 3.8) is 0 Å².